The molecule has 0 saturated carbocycles. The van der Waals surface area contributed by atoms with Crippen molar-refractivity contribution in [1.29, 1.82) is 0 Å². The van der Waals surface area contributed by atoms with Gasteiger partial charge in [0.25, 0.3) is 10.2 Å². The van der Waals surface area contributed by atoms with Crippen molar-refractivity contribution in [3.63, 3.8) is 0 Å². The van der Waals surface area contributed by atoms with Gasteiger partial charge in [-0.05, 0) is 25.1 Å². The summed E-state index contributed by atoms with van der Waals surface area (Å²) in [4.78, 5) is 7.00. The number of rotatable bonds is 8. The molecule has 0 spiro atoms. The van der Waals surface area contributed by atoms with Crippen LogP contribution >= 0.6 is 11.3 Å². The van der Waals surface area contributed by atoms with Gasteiger partial charge in [0.05, 0.1) is 19.4 Å². The van der Waals surface area contributed by atoms with E-state index in [1.807, 2.05) is 25.1 Å². The molecule has 8 nitrogen and oxygen atoms in total. The van der Waals surface area contributed by atoms with Crippen LogP contribution in [0.4, 0.5) is 0 Å². The van der Waals surface area contributed by atoms with Gasteiger partial charge < -0.3 is 9.47 Å². The second-order valence-corrected chi connectivity index (χ2v) is 9.91. The number of hydrogen-bond acceptors (Lipinski definition) is 7. The lowest BCUT2D eigenvalue weighted by Crippen LogP contribution is -2.51. The summed E-state index contributed by atoms with van der Waals surface area (Å²) in [5, 5.41) is 2.98. The maximum absolute atomic E-state index is 12.2. The minimum absolute atomic E-state index is 0.494. The van der Waals surface area contributed by atoms with Crippen LogP contribution in [0.5, 0.6) is 11.5 Å². The van der Waals surface area contributed by atoms with Crippen LogP contribution in [0.2, 0.25) is 0 Å². The number of ether oxygens (including phenoxy) is 2. The number of aromatic nitrogens is 1. The average molecular weight is 441 g/mol. The first-order valence-corrected chi connectivity index (χ1v) is 11.8. The fourth-order valence-electron chi connectivity index (χ4n) is 3.17. The number of thiazole rings is 1. The molecule has 0 bridgehead atoms. The highest BCUT2D eigenvalue weighted by Crippen LogP contribution is 2.34. The van der Waals surface area contributed by atoms with Crippen molar-refractivity contribution in [2.75, 3.05) is 54.0 Å². The number of hydrogen-bond donors (Lipinski definition) is 0. The van der Waals surface area contributed by atoms with Gasteiger partial charge in [0, 0.05) is 57.8 Å². The molecule has 0 atom stereocenters. The smallest absolute Gasteiger partial charge is 0.281 e. The fourth-order valence-corrected chi connectivity index (χ4v) is 5.06. The highest BCUT2D eigenvalue weighted by molar-refractivity contribution is 7.86. The molecule has 0 N–H and O–H groups in total. The summed E-state index contributed by atoms with van der Waals surface area (Å²) in [6.45, 7) is 5.60. The van der Waals surface area contributed by atoms with Gasteiger partial charge >= 0.3 is 0 Å². The Morgan fingerprint density at radius 3 is 2.52 bits per heavy atom. The molecule has 1 aliphatic heterocycles. The van der Waals surface area contributed by atoms with Gasteiger partial charge in [-0.1, -0.05) is 0 Å². The summed E-state index contributed by atoms with van der Waals surface area (Å²) >= 11 is 1.59. The van der Waals surface area contributed by atoms with E-state index in [2.05, 4.69) is 10.3 Å². The van der Waals surface area contributed by atoms with Gasteiger partial charge in [0.2, 0.25) is 0 Å². The van der Waals surface area contributed by atoms with Gasteiger partial charge in [-0.15, -0.1) is 11.3 Å². The van der Waals surface area contributed by atoms with Crippen molar-refractivity contribution in [1.82, 2.24) is 18.5 Å². The number of nitrogens with zero attached hydrogens (tertiary/aromatic N) is 4. The van der Waals surface area contributed by atoms with E-state index in [1.165, 1.54) is 8.61 Å². The predicted molar refractivity (Wildman–Crippen MR) is 115 cm³/mol. The topological polar surface area (TPSA) is 75.2 Å². The Morgan fingerprint density at radius 2 is 1.90 bits per heavy atom. The molecular formula is C19H28N4O4S2. The molecule has 0 unspecified atom stereocenters. The van der Waals surface area contributed by atoms with Crippen LogP contribution in [0.15, 0.2) is 23.6 Å². The molecule has 2 aromatic rings. The molecule has 10 heteroatoms. The van der Waals surface area contributed by atoms with Crippen molar-refractivity contribution in [2.24, 2.45) is 0 Å². The molecule has 3 rings (SSSR count). The minimum atomic E-state index is -3.34. The molecular weight excluding hydrogens is 412 g/mol. The summed E-state index contributed by atoms with van der Waals surface area (Å²) in [7, 11) is 1.42. The summed E-state index contributed by atoms with van der Waals surface area (Å²) in [6.07, 6.45) is 0. The first-order chi connectivity index (χ1) is 13.8. The Balaban J connectivity index is 1.63. The number of methoxy groups -OCH3 is 1. The van der Waals surface area contributed by atoms with E-state index in [-0.39, 0.29) is 0 Å². The Hall–Kier alpha value is -1.72. The second-order valence-electron chi connectivity index (χ2n) is 6.91. The van der Waals surface area contributed by atoms with E-state index in [0.29, 0.717) is 45.1 Å². The Bertz CT molecular complexity index is 922. The summed E-state index contributed by atoms with van der Waals surface area (Å²) < 4.78 is 38.3. The third kappa shape index (κ3) is 5.07. The molecule has 0 amide bonds. The minimum Gasteiger partial charge on any atom is -0.493 e. The molecule has 1 aliphatic rings. The summed E-state index contributed by atoms with van der Waals surface area (Å²) in [6, 6.07) is 5.84. The van der Waals surface area contributed by atoms with E-state index < -0.39 is 10.2 Å². The maximum Gasteiger partial charge on any atom is 0.281 e. The normalized spacial score (nSPS) is 16.3. The van der Waals surface area contributed by atoms with Gasteiger partial charge in [-0.25, -0.2) is 4.98 Å². The first-order valence-electron chi connectivity index (χ1n) is 9.50. The largest absolute Gasteiger partial charge is 0.493 e. The summed E-state index contributed by atoms with van der Waals surface area (Å²) in [5.74, 6) is 1.42. The first kappa shape index (κ1) is 22.0. The van der Waals surface area contributed by atoms with Crippen LogP contribution in [0.3, 0.4) is 0 Å². The van der Waals surface area contributed by atoms with E-state index >= 15 is 0 Å². The van der Waals surface area contributed by atoms with Crippen LogP contribution < -0.4 is 9.47 Å². The van der Waals surface area contributed by atoms with Crippen molar-refractivity contribution in [3.05, 3.63) is 29.3 Å². The van der Waals surface area contributed by atoms with Crippen molar-refractivity contribution in [3.8, 4) is 22.1 Å². The van der Waals surface area contributed by atoms with E-state index in [9.17, 15) is 8.42 Å². The highest BCUT2D eigenvalue weighted by Gasteiger charge is 2.28. The van der Waals surface area contributed by atoms with Crippen molar-refractivity contribution >= 4 is 21.5 Å². The average Bonchev–Trinajstić information content (AvgIpc) is 3.17. The lowest BCUT2D eigenvalue weighted by Gasteiger charge is -2.34. The third-order valence-corrected chi connectivity index (χ3v) is 7.65. The molecule has 1 aromatic carbocycles. The Labute approximate surface area is 176 Å². The van der Waals surface area contributed by atoms with Crippen LogP contribution in [0, 0.1) is 0 Å². The van der Waals surface area contributed by atoms with Crippen molar-refractivity contribution in [2.45, 2.75) is 13.5 Å². The van der Waals surface area contributed by atoms with Gasteiger partial charge in [-0.3, -0.25) is 4.90 Å². The molecule has 1 aromatic heterocycles. The van der Waals surface area contributed by atoms with Gasteiger partial charge in [0.15, 0.2) is 11.5 Å². The number of benzene rings is 1. The standard InChI is InChI=1S/C19H28N4O4S2/c1-5-27-17-7-6-15(12-18(17)26-4)19-20-16(14-28-19)13-22-8-10-23(11-9-22)29(24,25)21(2)3/h6-7,12,14H,5,8-11,13H2,1-4H3. The zero-order chi connectivity index (χ0) is 21.0. The third-order valence-electron chi connectivity index (χ3n) is 4.77. The SMILES string of the molecule is CCOc1ccc(-c2nc(CN3CCN(S(=O)(=O)N(C)C)CC3)cs2)cc1OC. The van der Waals surface area contributed by atoms with Gasteiger partial charge in [0.1, 0.15) is 5.01 Å². The van der Waals surface area contributed by atoms with E-state index in [0.717, 1.165) is 22.0 Å². The molecule has 29 heavy (non-hydrogen) atoms. The van der Waals surface area contributed by atoms with Crippen LogP contribution in [-0.2, 0) is 16.8 Å². The molecule has 160 valence electrons. The zero-order valence-corrected chi connectivity index (χ0v) is 18.9. The summed E-state index contributed by atoms with van der Waals surface area (Å²) in [5.41, 5.74) is 1.98. The zero-order valence-electron chi connectivity index (χ0n) is 17.3. The molecule has 0 aliphatic carbocycles. The van der Waals surface area contributed by atoms with E-state index in [1.54, 1.807) is 32.5 Å². The molecule has 1 saturated heterocycles. The van der Waals surface area contributed by atoms with Crippen LogP contribution in [-0.4, -0.2) is 80.9 Å². The molecule has 2 heterocycles. The second kappa shape index (κ2) is 9.40. The monoisotopic (exact) mass is 440 g/mol. The van der Waals surface area contributed by atoms with Crippen molar-refractivity contribution < 1.29 is 17.9 Å². The maximum atomic E-state index is 12.2. The predicted octanol–water partition coefficient (Wildman–Crippen LogP) is 2.14. The lowest BCUT2D eigenvalue weighted by molar-refractivity contribution is 0.176. The molecule has 1 fully saturated rings. The Morgan fingerprint density at radius 1 is 1.17 bits per heavy atom. The van der Waals surface area contributed by atoms with Gasteiger partial charge in [-0.2, -0.15) is 17.0 Å². The number of piperazine rings is 1. The fraction of sp³-hybridized carbons (Fsp3) is 0.526. The molecule has 0 radical (unpaired) electrons. The van der Waals surface area contributed by atoms with Crippen LogP contribution in [0.1, 0.15) is 12.6 Å². The highest BCUT2D eigenvalue weighted by atomic mass is 32.2. The lowest BCUT2D eigenvalue weighted by atomic mass is 10.2. The van der Waals surface area contributed by atoms with Crippen LogP contribution in [0.25, 0.3) is 10.6 Å². The Kier molecular flexibility index (Phi) is 7.12. The quantitative estimate of drug-likeness (QED) is 0.626. The van der Waals surface area contributed by atoms with E-state index in [4.69, 9.17) is 14.5 Å².